The van der Waals surface area contributed by atoms with Gasteiger partial charge in [-0.2, -0.15) is 0 Å². The number of rotatable bonds is 8. The average Bonchev–Trinajstić information content (AvgIpc) is 1.50. The molecule has 0 N–H and O–H groups in total. The van der Waals surface area contributed by atoms with E-state index in [1.807, 2.05) is 103 Å². The lowest BCUT2D eigenvalue weighted by Gasteiger charge is -2.35. The SMILES string of the molecule is [2H]c1c([2H])c([2H])c2c(c1[2H])-c1c([2H])c(-c3c(-c4c([2H])c([2H])c(N(c5ccc6c(c5)C(c5ccccc5)(c5ccccc5)c5ccccc5-6)c5ccccc5-c5ccc(C(C)(C)C)cc5)c([2H])c4[2H])c([2H])c([2H])c4c([2H])c([2H])c([2H])c([2H])c34)c([2H])c([2H])c1C2(C([2H])([2H])[2H])C([2H])([2H])[2H]. The first-order valence-electron chi connectivity index (χ1n) is 35.5. The summed E-state index contributed by atoms with van der Waals surface area (Å²) < 4.78 is 217. The van der Waals surface area contributed by atoms with E-state index in [9.17, 15) is 16.4 Å². The molecule has 0 amide bonds. The summed E-state index contributed by atoms with van der Waals surface area (Å²) in [6.07, 6.45) is 0. The maximum absolute atomic E-state index is 10.4. The van der Waals surface area contributed by atoms with E-state index in [0.29, 0.717) is 22.5 Å². The topological polar surface area (TPSA) is 3.24 Å². The van der Waals surface area contributed by atoms with Crippen LogP contribution in [0.4, 0.5) is 17.1 Å². The van der Waals surface area contributed by atoms with E-state index in [1.165, 1.54) is 0 Å². The lowest BCUT2D eigenvalue weighted by atomic mass is 9.67. The summed E-state index contributed by atoms with van der Waals surface area (Å²) in [7, 11) is 0. The van der Waals surface area contributed by atoms with Gasteiger partial charge in [0.2, 0.25) is 0 Å². The molecule has 350 valence electrons. The zero-order valence-electron chi connectivity index (χ0n) is 62.9. The van der Waals surface area contributed by atoms with Crippen molar-refractivity contribution in [1.82, 2.24) is 0 Å². The second-order valence-electron chi connectivity index (χ2n) is 19.4. The molecule has 0 saturated heterocycles. The molecule has 73 heavy (non-hydrogen) atoms. The van der Waals surface area contributed by atoms with Gasteiger partial charge in [-0.25, -0.2) is 0 Å². The first-order valence-corrected chi connectivity index (χ1v) is 24.0. The number of hydrogen-bond donors (Lipinski definition) is 0. The standard InChI is InChI=1S/C72H57N/c1-70(2,3)52-38-32-49(33-39-52)57-25-16-19-31-68(57)73(56-42-44-62-60-27-15-18-30-66(60)72(67(62)47-56,53-21-8-6-9-22-53)54-23-10-7-11-24-54)55-40-34-50(35-41-55)59-43-36-48-20-12-13-26-58(48)69(59)51-37-45-65-63(46-51)61-28-14-17-29-64(61)71(65,4)5/h6-47H,1-5H3/i4D3,5D3,12D,13D,14D,17D,20D,26D,28D,29D,34D,35D,36D,37D,40D,41D,43D,45D,46D. The van der Waals surface area contributed by atoms with E-state index in [0.717, 1.165) is 38.9 Å². The third-order valence-corrected chi connectivity index (χ3v) is 14.2. The molecular formula is C72H57N. The molecule has 0 spiro atoms. The predicted molar refractivity (Wildman–Crippen MR) is 309 cm³/mol. The molecule has 0 unspecified atom stereocenters. The third-order valence-electron chi connectivity index (χ3n) is 14.2. The van der Waals surface area contributed by atoms with Gasteiger partial charge in [-0.1, -0.05) is 253 Å². The Kier molecular flexibility index (Phi) is 6.14. The van der Waals surface area contributed by atoms with Crippen LogP contribution in [0.2, 0.25) is 0 Å². The fourth-order valence-electron chi connectivity index (χ4n) is 10.8. The largest absolute Gasteiger partial charge is 0.310 e. The Morgan fingerprint density at radius 3 is 1.79 bits per heavy atom. The van der Waals surface area contributed by atoms with Gasteiger partial charge in [0.15, 0.2) is 0 Å². The van der Waals surface area contributed by atoms with Crippen molar-refractivity contribution in [3.8, 4) is 55.6 Å². The van der Waals surface area contributed by atoms with Crippen LogP contribution < -0.4 is 4.90 Å². The second kappa shape index (κ2) is 17.1. The second-order valence-corrected chi connectivity index (χ2v) is 19.4. The minimum absolute atomic E-state index is 0.236. The van der Waals surface area contributed by atoms with Crippen molar-refractivity contribution in [2.45, 2.75) is 50.7 Å². The van der Waals surface area contributed by atoms with E-state index < -0.39 is 183 Å². The minimum Gasteiger partial charge on any atom is -0.310 e. The van der Waals surface area contributed by atoms with Crippen LogP contribution in [0, 0.1) is 0 Å². The number of fused-ring (bicyclic) bond motifs is 7. The molecule has 11 aromatic rings. The Morgan fingerprint density at radius 1 is 0.425 bits per heavy atom. The van der Waals surface area contributed by atoms with Crippen LogP contribution in [0.1, 0.15) is 105 Å². The normalized spacial score (nSPS) is 18.6. The first-order chi connectivity index (χ1) is 45.2. The third kappa shape index (κ3) is 7.05. The van der Waals surface area contributed by atoms with Gasteiger partial charge in [0.05, 0.1) is 34.4 Å². The van der Waals surface area contributed by atoms with Crippen molar-refractivity contribution in [1.29, 1.82) is 0 Å². The van der Waals surface area contributed by atoms with Crippen molar-refractivity contribution in [3.05, 3.63) is 293 Å². The molecule has 0 aromatic heterocycles. The molecule has 2 aliphatic carbocycles. The van der Waals surface area contributed by atoms with E-state index in [-0.39, 0.29) is 11.1 Å². The van der Waals surface area contributed by atoms with E-state index in [4.69, 9.17) is 15.1 Å². The molecule has 1 heteroatoms. The highest BCUT2D eigenvalue weighted by molar-refractivity contribution is 6.05. The van der Waals surface area contributed by atoms with Crippen LogP contribution in [0.15, 0.2) is 254 Å². The van der Waals surface area contributed by atoms with Crippen molar-refractivity contribution < 1.29 is 31.5 Å². The highest BCUT2D eigenvalue weighted by Crippen LogP contribution is 2.58. The molecule has 11 aromatic carbocycles. The Balaban J connectivity index is 1.16. The lowest BCUT2D eigenvalue weighted by Crippen LogP contribution is -2.28. The highest BCUT2D eigenvalue weighted by atomic mass is 15.1. The van der Waals surface area contributed by atoms with Gasteiger partial charge >= 0.3 is 0 Å². The van der Waals surface area contributed by atoms with Gasteiger partial charge < -0.3 is 4.90 Å². The van der Waals surface area contributed by atoms with Gasteiger partial charge in [0.1, 0.15) is 0 Å². The molecule has 0 heterocycles. The Bertz CT molecular complexity index is 5070. The fourth-order valence-corrected chi connectivity index (χ4v) is 10.8. The molecule has 0 saturated carbocycles. The van der Waals surface area contributed by atoms with E-state index in [2.05, 4.69) is 57.2 Å². The molecule has 0 atom stereocenters. The smallest absolute Gasteiger partial charge is 0.0714 e. The molecule has 0 aliphatic heterocycles. The van der Waals surface area contributed by atoms with Gasteiger partial charge in [0, 0.05) is 30.6 Å². The van der Waals surface area contributed by atoms with Crippen LogP contribution in [0.25, 0.3) is 66.4 Å². The van der Waals surface area contributed by atoms with Crippen molar-refractivity contribution in [2.24, 2.45) is 0 Å². The van der Waals surface area contributed by atoms with Crippen LogP contribution in [-0.4, -0.2) is 0 Å². The summed E-state index contributed by atoms with van der Waals surface area (Å²) in [5.41, 5.74) is -3.68. The summed E-state index contributed by atoms with van der Waals surface area (Å²) in [6.45, 7) is -1.37. The van der Waals surface area contributed by atoms with Crippen LogP contribution >= 0.6 is 0 Å². The van der Waals surface area contributed by atoms with Gasteiger partial charge in [0.25, 0.3) is 0 Å². The molecule has 0 radical (unpaired) electrons. The molecule has 13 rings (SSSR count). The Labute approximate surface area is 463 Å². The molecule has 0 bridgehead atoms. The van der Waals surface area contributed by atoms with Crippen LogP contribution in [-0.2, 0) is 16.2 Å². The number of nitrogens with zero attached hydrogens (tertiary/aromatic N) is 1. The van der Waals surface area contributed by atoms with Crippen LogP contribution in [0.5, 0.6) is 0 Å². The van der Waals surface area contributed by atoms with E-state index >= 15 is 0 Å². The number of hydrogen-bond acceptors (Lipinski definition) is 1. The fraction of sp³-hybridized carbons (Fsp3) is 0.111. The molecular weight excluding hydrogens is 879 g/mol. The predicted octanol–water partition coefficient (Wildman–Crippen LogP) is 19.3. The zero-order valence-corrected chi connectivity index (χ0v) is 39.9. The zero-order chi connectivity index (χ0) is 69.3. The maximum Gasteiger partial charge on any atom is 0.0714 e. The van der Waals surface area contributed by atoms with Gasteiger partial charge in [-0.05, 0) is 142 Å². The molecule has 2 aliphatic rings. The highest BCUT2D eigenvalue weighted by Gasteiger charge is 2.46. The number of para-hydroxylation sites is 1. The van der Waals surface area contributed by atoms with Crippen molar-refractivity contribution in [3.63, 3.8) is 0 Å². The maximum atomic E-state index is 10.4. The van der Waals surface area contributed by atoms with Gasteiger partial charge in [-0.15, -0.1) is 0 Å². The Hall–Kier alpha value is -8.52. The molecule has 0 fully saturated rings. The monoisotopic (exact) mass is 959 g/mol. The quantitative estimate of drug-likeness (QED) is 0.147. The summed E-state index contributed by atoms with van der Waals surface area (Å²) >= 11 is 0. The molecule has 1 nitrogen and oxygen atoms in total. The number of anilines is 3. The Morgan fingerprint density at radius 2 is 1.05 bits per heavy atom. The van der Waals surface area contributed by atoms with Crippen LogP contribution in [0.3, 0.4) is 0 Å². The minimum atomic E-state index is -3.81. The summed E-state index contributed by atoms with van der Waals surface area (Å²) in [5.74, 6) is 0. The van der Waals surface area contributed by atoms with Crippen molar-refractivity contribution in [2.75, 3.05) is 4.90 Å². The summed E-state index contributed by atoms with van der Waals surface area (Å²) in [6, 6.07) is 32.2. The van der Waals surface area contributed by atoms with Crippen molar-refractivity contribution >= 4 is 27.8 Å². The number of benzene rings is 11. The van der Waals surface area contributed by atoms with E-state index in [1.54, 1.807) is 17.0 Å². The average molecular weight is 959 g/mol. The lowest BCUT2D eigenvalue weighted by molar-refractivity contribution is 0.590. The first kappa shape index (κ1) is 26.3. The van der Waals surface area contributed by atoms with Gasteiger partial charge in [-0.3, -0.25) is 0 Å². The summed E-state index contributed by atoms with van der Waals surface area (Å²) in [4.78, 5) is 1.62. The summed E-state index contributed by atoms with van der Waals surface area (Å²) in [5, 5.41) is -1.42.